The molecule has 100 valence electrons. The van der Waals surface area contributed by atoms with Gasteiger partial charge in [-0.1, -0.05) is 43.2 Å². The first-order chi connectivity index (χ1) is 8.84. The predicted octanol–water partition coefficient (Wildman–Crippen LogP) is 3.17. The van der Waals surface area contributed by atoms with Gasteiger partial charge in [-0.25, -0.2) is 0 Å². The van der Waals surface area contributed by atoms with Gasteiger partial charge >= 0.3 is 0 Å². The van der Waals surface area contributed by atoms with Gasteiger partial charge in [-0.05, 0) is 31.7 Å². The quantitative estimate of drug-likeness (QED) is 0.799. The van der Waals surface area contributed by atoms with Crippen LogP contribution in [0.1, 0.15) is 38.2 Å². The Labute approximate surface area is 111 Å². The average Bonchev–Trinajstić information content (AvgIpc) is 2.91. The molecular formula is C16H25NO. The van der Waals surface area contributed by atoms with Gasteiger partial charge in [0.1, 0.15) is 0 Å². The minimum Gasteiger partial charge on any atom is -0.377 e. The summed E-state index contributed by atoms with van der Waals surface area (Å²) in [6, 6.07) is 11.3. The van der Waals surface area contributed by atoms with Gasteiger partial charge < -0.3 is 10.1 Å². The Bertz CT molecular complexity index is 319. The van der Waals surface area contributed by atoms with Crippen molar-refractivity contribution in [3.63, 3.8) is 0 Å². The van der Waals surface area contributed by atoms with Crippen LogP contribution in [0.5, 0.6) is 0 Å². The molecule has 1 atom stereocenters. The van der Waals surface area contributed by atoms with Crippen molar-refractivity contribution in [3.05, 3.63) is 35.9 Å². The summed E-state index contributed by atoms with van der Waals surface area (Å²) in [6.45, 7) is 3.96. The van der Waals surface area contributed by atoms with Crippen LogP contribution >= 0.6 is 0 Å². The van der Waals surface area contributed by atoms with Crippen LogP contribution in [0.3, 0.4) is 0 Å². The molecule has 2 rings (SSSR count). The number of ether oxygens (including phenoxy) is 1. The van der Waals surface area contributed by atoms with E-state index in [9.17, 15) is 0 Å². The van der Waals surface area contributed by atoms with E-state index in [2.05, 4.69) is 42.6 Å². The van der Waals surface area contributed by atoms with Gasteiger partial charge in [0.25, 0.3) is 0 Å². The molecule has 1 unspecified atom stereocenters. The summed E-state index contributed by atoms with van der Waals surface area (Å²) in [7, 11) is 0. The molecule has 0 aromatic heterocycles. The van der Waals surface area contributed by atoms with E-state index in [-0.39, 0.29) is 0 Å². The van der Waals surface area contributed by atoms with Crippen molar-refractivity contribution in [3.8, 4) is 0 Å². The largest absolute Gasteiger partial charge is 0.377 e. The fraction of sp³-hybridized carbons (Fsp3) is 0.625. The first kappa shape index (κ1) is 13.6. The lowest BCUT2D eigenvalue weighted by atomic mass is 10.2. The lowest BCUT2D eigenvalue weighted by Gasteiger charge is -2.17. The maximum Gasteiger partial charge on any atom is 0.0671 e. The van der Waals surface area contributed by atoms with Gasteiger partial charge in [0.05, 0.1) is 12.7 Å². The number of rotatable bonds is 7. The first-order valence-corrected chi connectivity index (χ1v) is 7.23. The molecule has 0 spiro atoms. The highest BCUT2D eigenvalue weighted by atomic mass is 16.5. The second-order valence-electron chi connectivity index (χ2n) is 5.31. The van der Waals surface area contributed by atoms with Gasteiger partial charge in [0.15, 0.2) is 0 Å². The molecule has 0 saturated heterocycles. The molecule has 0 bridgehead atoms. The molecule has 18 heavy (non-hydrogen) atoms. The third-order valence-corrected chi connectivity index (χ3v) is 3.69. The zero-order valence-corrected chi connectivity index (χ0v) is 11.4. The van der Waals surface area contributed by atoms with Crippen LogP contribution in [0.4, 0.5) is 0 Å². The van der Waals surface area contributed by atoms with E-state index in [0.29, 0.717) is 6.10 Å². The van der Waals surface area contributed by atoms with E-state index in [1.165, 1.54) is 31.2 Å². The molecule has 0 heterocycles. The topological polar surface area (TPSA) is 21.3 Å². The van der Waals surface area contributed by atoms with E-state index < -0.39 is 0 Å². The van der Waals surface area contributed by atoms with Crippen molar-refractivity contribution in [1.29, 1.82) is 0 Å². The molecule has 2 heteroatoms. The zero-order valence-electron chi connectivity index (χ0n) is 11.4. The van der Waals surface area contributed by atoms with Crippen LogP contribution < -0.4 is 5.32 Å². The van der Waals surface area contributed by atoms with Gasteiger partial charge in [0, 0.05) is 12.6 Å². The highest BCUT2D eigenvalue weighted by Crippen LogP contribution is 2.17. The Morgan fingerprint density at radius 3 is 2.67 bits per heavy atom. The second-order valence-corrected chi connectivity index (χ2v) is 5.31. The van der Waals surface area contributed by atoms with Crippen LogP contribution in [0.15, 0.2) is 30.3 Å². The molecule has 1 saturated carbocycles. The molecule has 1 aliphatic carbocycles. The molecule has 2 nitrogen and oxygen atoms in total. The maximum atomic E-state index is 5.84. The minimum absolute atomic E-state index is 0.314. The number of benzene rings is 1. The van der Waals surface area contributed by atoms with Gasteiger partial charge in [-0.2, -0.15) is 0 Å². The Morgan fingerprint density at radius 2 is 1.94 bits per heavy atom. The smallest absolute Gasteiger partial charge is 0.0671 e. The summed E-state index contributed by atoms with van der Waals surface area (Å²) in [5.74, 6) is 0. The number of hydrogen-bond acceptors (Lipinski definition) is 2. The molecule has 1 aromatic carbocycles. The fourth-order valence-corrected chi connectivity index (χ4v) is 2.54. The summed E-state index contributed by atoms with van der Waals surface area (Å²) >= 11 is 0. The minimum atomic E-state index is 0.314. The van der Waals surface area contributed by atoms with Crippen LogP contribution in [-0.4, -0.2) is 25.3 Å². The fourth-order valence-electron chi connectivity index (χ4n) is 2.54. The first-order valence-electron chi connectivity index (χ1n) is 7.23. The van der Waals surface area contributed by atoms with E-state index >= 15 is 0 Å². The van der Waals surface area contributed by atoms with E-state index in [1.807, 2.05) is 0 Å². The molecule has 0 radical (unpaired) electrons. The highest BCUT2D eigenvalue weighted by molar-refractivity contribution is 5.14. The molecule has 1 aliphatic rings. The molecular weight excluding hydrogens is 222 g/mol. The SMILES string of the molecule is CC(CNC1CCCC1)OCCc1ccccc1. The standard InChI is InChI=1S/C16H25NO/c1-14(13-17-16-9-5-6-10-16)18-12-11-15-7-3-2-4-8-15/h2-4,7-8,14,16-17H,5-6,9-13H2,1H3. The number of hydrogen-bond donors (Lipinski definition) is 1. The summed E-state index contributed by atoms with van der Waals surface area (Å²) in [5, 5.41) is 3.61. The van der Waals surface area contributed by atoms with Crippen LogP contribution in [-0.2, 0) is 11.2 Å². The lowest BCUT2D eigenvalue weighted by Crippen LogP contribution is -2.34. The Hall–Kier alpha value is -0.860. The van der Waals surface area contributed by atoms with Crippen LogP contribution in [0.2, 0.25) is 0 Å². The third kappa shape index (κ3) is 4.79. The Balaban J connectivity index is 1.55. The Kier molecular flexibility index (Phi) is 5.69. The summed E-state index contributed by atoms with van der Waals surface area (Å²) in [6.07, 6.45) is 6.79. The molecule has 1 fully saturated rings. The summed E-state index contributed by atoms with van der Waals surface area (Å²) in [4.78, 5) is 0. The van der Waals surface area contributed by atoms with Crippen LogP contribution in [0.25, 0.3) is 0 Å². The van der Waals surface area contributed by atoms with E-state index in [0.717, 1.165) is 25.6 Å². The van der Waals surface area contributed by atoms with Crippen molar-refractivity contribution in [2.75, 3.05) is 13.2 Å². The normalized spacial score (nSPS) is 18.1. The molecule has 1 N–H and O–H groups in total. The van der Waals surface area contributed by atoms with Gasteiger partial charge in [-0.3, -0.25) is 0 Å². The van der Waals surface area contributed by atoms with Crippen molar-refractivity contribution in [1.82, 2.24) is 5.32 Å². The third-order valence-electron chi connectivity index (χ3n) is 3.69. The maximum absolute atomic E-state index is 5.84. The second kappa shape index (κ2) is 7.55. The molecule has 0 amide bonds. The average molecular weight is 247 g/mol. The van der Waals surface area contributed by atoms with Gasteiger partial charge in [-0.15, -0.1) is 0 Å². The van der Waals surface area contributed by atoms with Crippen molar-refractivity contribution in [2.45, 2.75) is 51.2 Å². The van der Waals surface area contributed by atoms with Gasteiger partial charge in [0.2, 0.25) is 0 Å². The lowest BCUT2D eigenvalue weighted by molar-refractivity contribution is 0.0663. The zero-order chi connectivity index (χ0) is 12.6. The van der Waals surface area contributed by atoms with Crippen molar-refractivity contribution < 1.29 is 4.74 Å². The Morgan fingerprint density at radius 1 is 1.22 bits per heavy atom. The summed E-state index contributed by atoms with van der Waals surface area (Å²) < 4.78 is 5.84. The monoisotopic (exact) mass is 247 g/mol. The molecule has 1 aromatic rings. The van der Waals surface area contributed by atoms with E-state index in [4.69, 9.17) is 4.74 Å². The van der Waals surface area contributed by atoms with E-state index in [1.54, 1.807) is 0 Å². The highest BCUT2D eigenvalue weighted by Gasteiger charge is 2.14. The molecule has 0 aliphatic heterocycles. The van der Waals surface area contributed by atoms with Crippen molar-refractivity contribution in [2.24, 2.45) is 0 Å². The predicted molar refractivity (Wildman–Crippen MR) is 75.8 cm³/mol. The number of nitrogens with one attached hydrogen (secondary N) is 1. The summed E-state index contributed by atoms with van der Waals surface area (Å²) in [5.41, 5.74) is 1.36. The van der Waals surface area contributed by atoms with Crippen molar-refractivity contribution >= 4 is 0 Å². The van der Waals surface area contributed by atoms with Crippen LogP contribution in [0, 0.1) is 0 Å².